The summed E-state index contributed by atoms with van der Waals surface area (Å²) in [6, 6.07) is 9.97. The summed E-state index contributed by atoms with van der Waals surface area (Å²) in [5.74, 6) is 0.614. The van der Waals surface area contributed by atoms with Crippen LogP contribution in [0.25, 0.3) is 0 Å². The molecule has 0 saturated heterocycles. The lowest BCUT2D eigenvalue weighted by Crippen LogP contribution is -2.56. The first-order chi connectivity index (χ1) is 11.7. The molecule has 1 heterocycles. The zero-order chi connectivity index (χ0) is 17.0. The van der Waals surface area contributed by atoms with E-state index in [0.717, 1.165) is 37.2 Å². The van der Waals surface area contributed by atoms with Gasteiger partial charge in [-0.25, -0.2) is 4.99 Å². The van der Waals surface area contributed by atoms with E-state index >= 15 is 0 Å². The minimum Gasteiger partial charge on any atom is -0.465 e. The van der Waals surface area contributed by atoms with Crippen LogP contribution >= 0.6 is 12.2 Å². The lowest BCUT2D eigenvalue weighted by molar-refractivity contribution is -0.144. The Morgan fingerprint density at radius 3 is 2.67 bits per heavy atom. The molecule has 0 bridgehead atoms. The largest absolute Gasteiger partial charge is 0.465 e. The highest BCUT2D eigenvalue weighted by atomic mass is 32.1. The summed E-state index contributed by atoms with van der Waals surface area (Å²) in [5.41, 5.74) is 0.680. The second-order valence-corrected chi connectivity index (χ2v) is 6.58. The molecule has 1 aliphatic carbocycles. The second-order valence-electron chi connectivity index (χ2n) is 6.22. The molecule has 1 aromatic rings. The van der Waals surface area contributed by atoms with Crippen LogP contribution < -0.4 is 5.32 Å². The Labute approximate surface area is 148 Å². The molecule has 5 nitrogen and oxygen atoms in total. The predicted octanol–water partition coefficient (Wildman–Crippen LogP) is 3.36. The van der Waals surface area contributed by atoms with E-state index in [9.17, 15) is 4.79 Å². The van der Waals surface area contributed by atoms with Gasteiger partial charge < -0.3 is 15.0 Å². The molecule has 0 unspecified atom stereocenters. The topological polar surface area (TPSA) is 53.9 Å². The van der Waals surface area contributed by atoms with Crippen molar-refractivity contribution in [3.8, 4) is 0 Å². The Hall–Kier alpha value is -1.95. The maximum Gasteiger partial charge on any atom is 0.325 e. The molecule has 0 amide bonds. The molecule has 2 aliphatic rings. The first-order valence-corrected chi connectivity index (χ1v) is 8.95. The average molecular weight is 345 g/mol. The Bertz CT molecular complexity index is 639. The molecule has 6 heteroatoms. The maximum atomic E-state index is 12.0. The number of aliphatic imine (C=N–C) groups is 1. The van der Waals surface area contributed by atoms with Crippen molar-refractivity contribution in [1.29, 1.82) is 0 Å². The van der Waals surface area contributed by atoms with Crippen LogP contribution in [0.15, 0.2) is 35.3 Å². The van der Waals surface area contributed by atoms with Gasteiger partial charge in [0.2, 0.25) is 0 Å². The summed E-state index contributed by atoms with van der Waals surface area (Å²) < 4.78 is 5.13. The highest BCUT2D eigenvalue weighted by molar-refractivity contribution is 7.80. The van der Waals surface area contributed by atoms with E-state index < -0.39 is 0 Å². The van der Waals surface area contributed by atoms with E-state index in [1.54, 1.807) is 0 Å². The Balaban J connectivity index is 1.86. The molecular weight excluding hydrogens is 322 g/mol. The standard InChI is InChI=1S/C18H23N3O2S/c1-2-23-15(22)13-21-17(24)20-16(18(21)11-7-4-8-12-18)19-14-9-5-3-6-10-14/h3,5-6,9-10H,2,4,7-8,11-13H2,1H3,(H,19,20,24). The quantitative estimate of drug-likeness (QED) is 0.670. The lowest BCUT2D eigenvalue weighted by atomic mass is 9.79. The number of para-hydroxylation sites is 1. The first-order valence-electron chi connectivity index (χ1n) is 8.54. The monoisotopic (exact) mass is 345 g/mol. The van der Waals surface area contributed by atoms with Crippen LogP contribution in [0.1, 0.15) is 39.0 Å². The fourth-order valence-corrected chi connectivity index (χ4v) is 3.90. The highest BCUT2D eigenvalue weighted by Gasteiger charge is 2.49. The van der Waals surface area contributed by atoms with Crippen molar-refractivity contribution in [2.75, 3.05) is 18.5 Å². The van der Waals surface area contributed by atoms with Crippen molar-refractivity contribution in [3.63, 3.8) is 0 Å². The predicted molar refractivity (Wildman–Crippen MR) is 99.3 cm³/mol. The van der Waals surface area contributed by atoms with Gasteiger partial charge in [0.25, 0.3) is 0 Å². The molecule has 1 spiro atoms. The van der Waals surface area contributed by atoms with Gasteiger partial charge in [0.15, 0.2) is 5.11 Å². The summed E-state index contributed by atoms with van der Waals surface area (Å²) in [5, 5.41) is 3.91. The zero-order valence-electron chi connectivity index (χ0n) is 14.0. The van der Waals surface area contributed by atoms with Crippen LogP contribution in [-0.2, 0) is 9.53 Å². The third kappa shape index (κ3) is 3.29. The highest BCUT2D eigenvalue weighted by Crippen LogP contribution is 2.39. The van der Waals surface area contributed by atoms with Gasteiger partial charge in [-0.15, -0.1) is 0 Å². The second kappa shape index (κ2) is 7.30. The molecule has 1 aliphatic heterocycles. The van der Waals surface area contributed by atoms with E-state index in [4.69, 9.17) is 17.0 Å². The number of hydrogen-bond donors (Lipinski definition) is 1. The summed E-state index contributed by atoms with van der Waals surface area (Å²) in [6.07, 6.45) is 5.33. The summed E-state index contributed by atoms with van der Waals surface area (Å²) in [6.45, 7) is 2.36. The number of benzene rings is 1. The molecule has 128 valence electrons. The molecule has 1 saturated carbocycles. The normalized spacial score (nSPS) is 19.3. The smallest absolute Gasteiger partial charge is 0.325 e. The van der Waals surface area contributed by atoms with Crippen molar-refractivity contribution in [3.05, 3.63) is 30.3 Å². The number of carbonyl (C=O) groups excluding carboxylic acids is 1. The fraction of sp³-hybridized carbons (Fsp3) is 0.500. The number of carbonyl (C=O) groups is 1. The number of hydrogen-bond acceptors (Lipinski definition) is 4. The lowest BCUT2D eigenvalue weighted by Gasteiger charge is -2.42. The van der Waals surface area contributed by atoms with E-state index in [1.807, 2.05) is 42.2 Å². The van der Waals surface area contributed by atoms with Gasteiger partial charge in [0.05, 0.1) is 6.61 Å². The van der Waals surface area contributed by atoms with Crippen LogP contribution in [0.4, 0.5) is 5.69 Å². The third-order valence-corrected chi connectivity index (χ3v) is 5.02. The van der Waals surface area contributed by atoms with Crippen LogP contribution in [0, 0.1) is 0 Å². The molecule has 0 atom stereocenters. The third-order valence-electron chi connectivity index (χ3n) is 4.71. The summed E-state index contributed by atoms with van der Waals surface area (Å²) in [4.78, 5) is 18.6. The van der Waals surface area contributed by atoms with Crippen molar-refractivity contribution in [1.82, 2.24) is 4.90 Å². The van der Waals surface area contributed by atoms with Crippen molar-refractivity contribution < 1.29 is 9.53 Å². The van der Waals surface area contributed by atoms with Gasteiger partial charge in [0.1, 0.15) is 17.9 Å². The van der Waals surface area contributed by atoms with E-state index in [-0.39, 0.29) is 18.1 Å². The van der Waals surface area contributed by atoms with E-state index in [0.29, 0.717) is 11.7 Å². The first kappa shape index (κ1) is 16.9. The number of ether oxygens (including phenoxy) is 1. The number of rotatable bonds is 4. The fourth-order valence-electron chi connectivity index (χ4n) is 3.57. The number of thiocarbonyl (C=S) groups is 1. The van der Waals surface area contributed by atoms with Crippen LogP contribution in [0.2, 0.25) is 0 Å². The van der Waals surface area contributed by atoms with E-state index in [1.165, 1.54) is 6.42 Å². The Kier molecular flexibility index (Phi) is 5.14. The van der Waals surface area contributed by atoms with Crippen LogP contribution in [0.3, 0.4) is 0 Å². The summed E-state index contributed by atoms with van der Waals surface area (Å²) >= 11 is 5.48. The molecule has 24 heavy (non-hydrogen) atoms. The molecule has 0 aromatic heterocycles. The van der Waals surface area contributed by atoms with Gasteiger partial charge in [-0.1, -0.05) is 37.5 Å². The maximum absolute atomic E-state index is 12.0. The number of nitrogens with zero attached hydrogens (tertiary/aromatic N) is 2. The number of esters is 1. The van der Waals surface area contributed by atoms with Crippen LogP contribution in [-0.4, -0.2) is 40.5 Å². The summed E-state index contributed by atoms with van der Waals surface area (Å²) in [7, 11) is 0. The Morgan fingerprint density at radius 1 is 1.29 bits per heavy atom. The molecule has 1 N–H and O–H groups in total. The molecule has 1 aromatic carbocycles. The van der Waals surface area contributed by atoms with Crippen LogP contribution in [0.5, 0.6) is 0 Å². The van der Waals surface area contributed by atoms with Crippen molar-refractivity contribution in [2.45, 2.75) is 44.6 Å². The molecule has 3 rings (SSSR count). The van der Waals surface area contributed by atoms with Crippen molar-refractivity contribution >= 4 is 34.8 Å². The van der Waals surface area contributed by atoms with Gasteiger partial charge in [-0.2, -0.15) is 0 Å². The molecular formula is C18H23N3O2S. The minimum absolute atomic E-state index is 0.163. The van der Waals surface area contributed by atoms with Gasteiger partial charge in [-0.3, -0.25) is 4.79 Å². The Morgan fingerprint density at radius 2 is 2.00 bits per heavy atom. The zero-order valence-corrected chi connectivity index (χ0v) is 14.8. The number of amidine groups is 1. The van der Waals surface area contributed by atoms with Crippen molar-refractivity contribution in [2.24, 2.45) is 4.99 Å². The van der Waals surface area contributed by atoms with Gasteiger partial charge in [0, 0.05) is 5.69 Å². The SMILES string of the molecule is CCOC(=O)CN1C(=S)N=C(Nc2ccccc2)C12CCCCC2. The molecule has 1 fully saturated rings. The van der Waals surface area contributed by atoms with Gasteiger partial charge >= 0.3 is 5.97 Å². The van der Waals surface area contributed by atoms with E-state index in [2.05, 4.69) is 10.3 Å². The minimum atomic E-state index is -0.308. The average Bonchev–Trinajstić information content (AvgIpc) is 2.82. The molecule has 0 radical (unpaired) electrons. The van der Waals surface area contributed by atoms with Gasteiger partial charge in [-0.05, 0) is 44.1 Å². The number of nitrogens with one attached hydrogen (secondary N) is 1. The number of anilines is 1.